The molecular formula is C20H18BrClN4O5S. The Hall–Kier alpha value is -3.02. The maximum absolute atomic E-state index is 11.9. The highest BCUT2D eigenvalue weighted by molar-refractivity contribution is 9.10. The molecule has 0 radical (unpaired) electrons. The van der Waals surface area contributed by atoms with E-state index in [-0.39, 0.29) is 18.0 Å². The predicted octanol–water partition coefficient (Wildman–Crippen LogP) is 3.58. The highest BCUT2D eigenvalue weighted by Crippen LogP contribution is 2.12. The molecule has 0 fully saturated rings. The number of benzene rings is 1. The number of carboxylic acid groups (broad SMARTS) is 1. The van der Waals surface area contributed by atoms with Gasteiger partial charge in [-0.05, 0) is 57.9 Å². The van der Waals surface area contributed by atoms with Crippen LogP contribution >= 0.6 is 27.5 Å². The summed E-state index contributed by atoms with van der Waals surface area (Å²) in [5.74, 6) is -1.24. The Kier molecular flexibility index (Phi) is 9.12. The van der Waals surface area contributed by atoms with Crippen LogP contribution < -0.4 is 10.0 Å². The van der Waals surface area contributed by atoms with Gasteiger partial charge in [0.25, 0.3) is 5.91 Å². The summed E-state index contributed by atoms with van der Waals surface area (Å²) in [6, 6.07) is 13.0. The second-order valence-electron chi connectivity index (χ2n) is 6.30. The molecule has 1 aromatic carbocycles. The van der Waals surface area contributed by atoms with Gasteiger partial charge in [0, 0.05) is 24.6 Å². The first-order valence-electron chi connectivity index (χ1n) is 8.85. The van der Waals surface area contributed by atoms with E-state index in [0.29, 0.717) is 21.0 Å². The lowest BCUT2D eigenvalue weighted by Crippen LogP contribution is -2.23. The Morgan fingerprint density at radius 3 is 2.31 bits per heavy atom. The van der Waals surface area contributed by atoms with Gasteiger partial charge in [0.1, 0.15) is 9.76 Å². The van der Waals surface area contributed by atoms with Crippen molar-refractivity contribution >= 4 is 55.1 Å². The third kappa shape index (κ3) is 9.00. The summed E-state index contributed by atoms with van der Waals surface area (Å²) in [7, 11) is -3.33. The Labute approximate surface area is 198 Å². The molecule has 2 aromatic heterocycles. The van der Waals surface area contributed by atoms with Crippen LogP contribution in [0.5, 0.6) is 0 Å². The van der Waals surface area contributed by atoms with Crippen molar-refractivity contribution in [2.24, 2.45) is 0 Å². The van der Waals surface area contributed by atoms with Crippen molar-refractivity contribution < 1.29 is 23.1 Å². The minimum Gasteiger partial charge on any atom is -0.478 e. The third-order valence-corrected chi connectivity index (χ3v) is 4.95. The first kappa shape index (κ1) is 25.2. The number of anilines is 1. The van der Waals surface area contributed by atoms with E-state index in [4.69, 9.17) is 16.7 Å². The monoisotopic (exact) mass is 540 g/mol. The number of rotatable bonds is 6. The average Bonchev–Trinajstić information content (AvgIpc) is 2.72. The van der Waals surface area contributed by atoms with E-state index in [2.05, 4.69) is 35.9 Å². The summed E-state index contributed by atoms with van der Waals surface area (Å²) in [6.45, 7) is 0.265. The van der Waals surface area contributed by atoms with Crippen LogP contribution in [0.4, 0.5) is 5.69 Å². The van der Waals surface area contributed by atoms with Gasteiger partial charge in [-0.15, -0.1) is 0 Å². The molecule has 0 aliphatic heterocycles. The molecule has 32 heavy (non-hydrogen) atoms. The van der Waals surface area contributed by atoms with Crippen molar-refractivity contribution in [3.8, 4) is 0 Å². The molecule has 0 aliphatic carbocycles. The van der Waals surface area contributed by atoms with Crippen molar-refractivity contribution in [2.75, 3.05) is 11.0 Å². The molecule has 1 amide bonds. The summed E-state index contributed by atoms with van der Waals surface area (Å²) in [4.78, 5) is 29.8. The first-order chi connectivity index (χ1) is 15.0. The Balaban J connectivity index is 0.000000303. The van der Waals surface area contributed by atoms with Crippen LogP contribution in [-0.2, 0) is 16.6 Å². The van der Waals surface area contributed by atoms with Crippen LogP contribution in [0, 0.1) is 0 Å². The van der Waals surface area contributed by atoms with Gasteiger partial charge >= 0.3 is 5.97 Å². The van der Waals surface area contributed by atoms with E-state index < -0.39 is 16.0 Å². The van der Waals surface area contributed by atoms with Crippen molar-refractivity contribution in [1.82, 2.24) is 15.3 Å². The lowest BCUT2D eigenvalue weighted by molar-refractivity contribution is 0.0696. The summed E-state index contributed by atoms with van der Waals surface area (Å²) in [6.07, 6.45) is 3.76. The van der Waals surface area contributed by atoms with Crippen molar-refractivity contribution in [1.29, 1.82) is 0 Å². The molecule has 0 saturated heterocycles. The van der Waals surface area contributed by atoms with E-state index in [1.54, 1.807) is 36.4 Å². The van der Waals surface area contributed by atoms with Crippen LogP contribution in [0.3, 0.4) is 0 Å². The summed E-state index contributed by atoms with van der Waals surface area (Å²) in [5.41, 5.74) is 1.81. The summed E-state index contributed by atoms with van der Waals surface area (Å²) in [5, 5.41) is 11.5. The lowest BCUT2D eigenvalue weighted by atomic mass is 10.2. The number of hydrogen-bond acceptors (Lipinski definition) is 6. The second-order valence-corrected chi connectivity index (χ2v) is 9.25. The van der Waals surface area contributed by atoms with E-state index in [9.17, 15) is 18.0 Å². The molecule has 0 aliphatic rings. The van der Waals surface area contributed by atoms with E-state index in [1.807, 2.05) is 0 Å². The molecule has 3 aromatic rings. The average molecular weight is 542 g/mol. The fourth-order valence-corrected chi connectivity index (χ4v) is 3.16. The summed E-state index contributed by atoms with van der Waals surface area (Å²) < 4.78 is 25.4. The van der Waals surface area contributed by atoms with Gasteiger partial charge in [-0.25, -0.2) is 23.2 Å². The third-order valence-electron chi connectivity index (χ3n) is 3.65. The summed E-state index contributed by atoms with van der Waals surface area (Å²) >= 11 is 8.75. The van der Waals surface area contributed by atoms with Crippen LogP contribution in [0.2, 0.25) is 5.15 Å². The highest BCUT2D eigenvalue weighted by Gasteiger charge is 2.07. The number of carbonyl (C=O) groups excluding carboxylic acids is 1. The molecule has 0 spiro atoms. The molecule has 2 heterocycles. The van der Waals surface area contributed by atoms with Crippen LogP contribution in [0.15, 0.2) is 65.5 Å². The number of hydrogen-bond donors (Lipinski definition) is 3. The number of aromatic nitrogens is 2. The van der Waals surface area contributed by atoms with E-state index in [0.717, 1.165) is 11.8 Å². The van der Waals surface area contributed by atoms with Crippen molar-refractivity contribution in [3.05, 3.63) is 87.4 Å². The number of sulfonamides is 1. The van der Waals surface area contributed by atoms with Gasteiger partial charge in [-0.3, -0.25) is 9.52 Å². The predicted molar refractivity (Wildman–Crippen MR) is 124 cm³/mol. The minimum atomic E-state index is -3.33. The van der Waals surface area contributed by atoms with Crippen molar-refractivity contribution in [2.45, 2.75) is 6.54 Å². The normalized spacial score (nSPS) is 10.5. The van der Waals surface area contributed by atoms with Gasteiger partial charge in [-0.2, -0.15) is 0 Å². The maximum atomic E-state index is 11.9. The number of nitrogens with one attached hydrogen (secondary N) is 2. The van der Waals surface area contributed by atoms with Crippen LogP contribution in [-0.4, -0.2) is 41.6 Å². The molecule has 0 bridgehead atoms. The Bertz CT molecular complexity index is 1190. The standard InChI is InChI=1S/C14H14ClN3O3S.C6H4BrNO2/c1-22(20,21)18-12-4-2-3-10(7-12)8-17-14(19)11-5-6-13(15)16-9-11;7-5-2-1-4(3-8-5)6(9)10/h2-7,9,18H,8H2,1H3,(H,17,19);1-3H,(H,9,10). The molecule has 0 saturated carbocycles. The van der Waals surface area contributed by atoms with E-state index >= 15 is 0 Å². The Morgan fingerprint density at radius 1 is 1.06 bits per heavy atom. The Morgan fingerprint density at radius 2 is 1.75 bits per heavy atom. The first-order valence-corrected chi connectivity index (χ1v) is 11.9. The topological polar surface area (TPSA) is 138 Å². The fourth-order valence-electron chi connectivity index (χ4n) is 2.26. The number of nitrogens with zero attached hydrogens (tertiary/aromatic N) is 2. The second kappa shape index (κ2) is 11.6. The van der Waals surface area contributed by atoms with Gasteiger partial charge < -0.3 is 10.4 Å². The lowest BCUT2D eigenvalue weighted by Gasteiger charge is -2.08. The van der Waals surface area contributed by atoms with Crippen LogP contribution in [0.25, 0.3) is 0 Å². The number of aromatic carboxylic acids is 1. The largest absolute Gasteiger partial charge is 0.478 e. The maximum Gasteiger partial charge on any atom is 0.337 e. The number of carbonyl (C=O) groups is 2. The number of halogens is 2. The zero-order chi connectivity index (χ0) is 23.7. The number of pyridine rings is 2. The molecule has 168 valence electrons. The van der Waals surface area contributed by atoms with E-state index in [1.165, 1.54) is 24.5 Å². The van der Waals surface area contributed by atoms with Crippen LogP contribution in [0.1, 0.15) is 26.3 Å². The zero-order valence-electron chi connectivity index (χ0n) is 16.6. The molecule has 0 unspecified atom stereocenters. The molecule has 12 heteroatoms. The van der Waals surface area contributed by atoms with Crippen molar-refractivity contribution in [3.63, 3.8) is 0 Å². The molecule has 9 nitrogen and oxygen atoms in total. The minimum absolute atomic E-state index is 0.197. The SMILES string of the molecule is CS(=O)(=O)Nc1cccc(CNC(=O)c2ccc(Cl)nc2)c1.O=C(O)c1ccc(Br)nc1. The molecule has 3 N–H and O–H groups in total. The van der Waals surface area contributed by atoms with Gasteiger partial charge in [0.2, 0.25) is 10.0 Å². The highest BCUT2D eigenvalue weighted by atomic mass is 79.9. The van der Waals surface area contributed by atoms with Gasteiger partial charge in [0.05, 0.1) is 17.4 Å². The smallest absolute Gasteiger partial charge is 0.337 e. The number of carboxylic acids is 1. The zero-order valence-corrected chi connectivity index (χ0v) is 19.8. The number of amides is 1. The molecule has 3 rings (SSSR count). The quantitative estimate of drug-likeness (QED) is 0.405. The fraction of sp³-hybridized carbons (Fsp3) is 0.100. The van der Waals surface area contributed by atoms with Gasteiger partial charge in [0.15, 0.2) is 0 Å². The molecular weight excluding hydrogens is 524 g/mol. The van der Waals surface area contributed by atoms with Gasteiger partial charge in [-0.1, -0.05) is 23.7 Å². The molecule has 0 atom stereocenters.